The maximum atomic E-state index is 12.4. The number of alkyl halides is 2. The number of hydrogen-bond acceptors (Lipinski definition) is 2. The lowest BCUT2D eigenvalue weighted by Crippen LogP contribution is -2.37. The average Bonchev–Trinajstić information content (AvgIpc) is 2.84. The summed E-state index contributed by atoms with van der Waals surface area (Å²) in [4.78, 5) is 13.2. The molecule has 1 N–H and O–H groups in total. The highest BCUT2D eigenvalue weighted by Gasteiger charge is 2.21. The molecule has 1 aromatic carbocycles. The van der Waals surface area contributed by atoms with E-state index < -0.39 is 18.9 Å². The van der Waals surface area contributed by atoms with Crippen LogP contribution in [0, 0.1) is 0 Å². The molecule has 0 bridgehead atoms. The summed E-state index contributed by atoms with van der Waals surface area (Å²) >= 11 is 0. The minimum absolute atomic E-state index is 0.0692. The lowest BCUT2D eigenvalue weighted by Gasteiger charge is -2.21. The molecule has 0 radical (unpaired) electrons. The summed E-state index contributed by atoms with van der Waals surface area (Å²) in [6.07, 6.45) is 0.432. The average molecular weight is 269 g/mol. The molecule has 0 spiro atoms. The van der Waals surface area contributed by atoms with Gasteiger partial charge in [0.2, 0.25) is 0 Å². The van der Waals surface area contributed by atoms with Crippen LogP contribution in [-0.4, -0.2) is 42.0 Å². The van der Waals surface area contributed by atoms with Crippen molar-refractivity contribution in [1.29, 1.82) is 0 Å². The molecule has 19 heavy (non-hydrogen) atoms. The van der Waals surface area contributed by atoms with E-state index in [0.717, 1.165) is 29.7 Å². The first-order chi connectivity index (χ1) is 9.11. The van der Waals surface area contributed by atoms with E-state index in [9.17, 15) is 13.6 Å². The van der Waals surface area contributed by atoms with E-state index >= 15 is 0 Å². The van der Waals surface area contributed by atoms with Crippen LogP contribution in [0.3, 0.4) is 0 Å². The molecule has 3 nitrogen and oxygen atoms in total. The van der Waals surface area contributed by atoms with Gasteiger partial charge in [-0.2, -0.15) is 0 Å². The number of aliphatic hydroxyl groups is 1. The molecule has 104 valence electrons. The quantitative estimate of drug-likeness (QED) is 0.886. The first kappa shape index (κ1) is 13.9. The number of aryl methyl sites for hydroxylation is 2. The fourth-order valence-corrected chi connectivity index (χ4v) is 2.45. The second-order valence-corrected chi connectivity index (χ2v) is 4.70. The van der Waals surface area contributed by atoms with E-state index in [-0.39, 0.29) is 13.2 Å². The Balaban J connectivity index is 2.16. The van der Waals surface area contributed by atoms with Gasteiger partial charge in [0, 0.05) is 12.1 Å². The second kappa shape index (κ2) is 6.10. The zero-order chi connectivity index (χ0) is 13.8. The number of halogens is 2. The number of aliphatic hydroxyl groups excluding tert-OH is 1. The van der Waals surface area contributed by atoms with Gasteiger partial charge in [-0.1, -0.05) is 6.07 Å². The monoisotopic (exact) mass is 269 g/mol. The van der Waals surface area contributed by atoms with Crippen molar-refractivity contribution in [3.05, 3.63) is 34.9 Å². The molecule has 1 amide bonds. The molecule has 0 atom stereocenters. The van der Waals surface area contributed by atoms with Crippen molar-refractivity contribution in [2.75, 3.05) is 19.7 Å². The van der Waals surface area contributed by atoms with Gasteiger partial charge in [-0.05, 0) is 42.5 Å². The number of hydrogen-bond donors (Lipinski definition) is 1. The lowest BCUT2D eigenvalue weighted by molar-refractivity contribution is 0.0509. The molecule has 0 aromatic heterocycles. The van der Waals surface area contributed by atoms with Gasteiger partial charge in [0.25, 0.3) is 12.3 Å². The number of carbonyl (C=O) groups is 1. The van der Waals surface area contributed by atoms with Crippen molar-refractivity contribution in [1.82, 2.24) is 4.90 Å². The van der Waals surface area contributed by atoms with Crippen LogP contribution in [0.2, 0.25) is 0 Å². The van der Waals surface area contributed by atoms with Gasteiger partial charge in [-0.3, -0.25) is 4.79 Å². The normalized spacial score (nSPS) is 13.7. The Kier molecular flexibility index (Phi) is 4.47. The van der Waals surface area contributed by atoms with Gasteiger partial charge < -0.3 is 10.0 Å². The summed E-state index contributed by atoms with van der Waals surface area (Å²) in [5, 5.41) is 8.86. The first-order valence-electron chi connectivity index (χ1n) is 6.42. The third-order valence-corrected chi connectivity index (χ3v) is 3.36. The molecule has 0 fully saturated rings. The zero-order valence-corrected chi connectivity index (χ0v) is 10.6. The van der Waals surface area contributed by atoms with E-state index in [1.165, 1.54) is 5.56 Å². The molecule has 1 aliphatic rings. The molecule has 0 saturated carbocycles. The molecular formula is C14H17F2NO2. The number of amides is 1. The minimum atomic E-state index is -2.59. The van der Waals surface area contributed by atoms with Gasteiger partial charge in [0.1, 0.15) is 0 Å². The molecule has 2 rings (SSSR count). The van der Waals surface area contributed by atoms with Crippen molar-refractivity contribution in [3.8, 4) is 0 Å². The third kappa shape index (κ3) is 3.29. The Morgan fingerprint density at radius 2 is 2.05 bits per heavy atom. The van der Waals surface area contributed by atoms with Gasteiger partial charge in [-0.15, -0.1) is 0 Å². The van der Waals surface area contributed by atoms with E-state index in [0.29, 0.717) is 5.56 Å². The van der Waals surface area contributed by atoms with Crippen molar-refractivity contribution >= 4 is 5.91 Å². The fraction of sp³-hybridized carbons (Fsp3) is 0.500. The SMILES string of the molecule is O=C(c1ccc2c(c1)CCC2)N(CCO)CC(F)F. The van der Waals surface area contributed by atoms with Crippen molar-refractivity contribution < 1.29 is 18.7 Å². The molecule has 5 heteroatoms. The zero-order valence-electron chi connectivity index (χ0n) is 10.6. The van der Waals surface area contributed by atoms with Gasteiger partial charge >= 0.3 is 0 Å². The van der Waals surface area contributed by atoms with Gasteiger partial charge in [0.15, 0.2) is 0 Å². The van der Waals surface area contributed by atoms with Crippen molar-refractivity contribution in [2.24, 2.45) is 0 Å². The van der Waals surface area contributed by atoms with Gasteiger partial charge in [-0.25, -0.2) is 8.78 Å². The summed E-state index contributed by atoms with van der Waals surface area (Å²) in [6, 6.07) is 5.37. The number of fused-ring (bicyclic) bond motifs is 1. The van der Waals surface area contributed by atoms with Crippen LogP contribution in [0.5, 0.6) is 0 Å². The Labute approximate surface area is 110 Å². The Hall–Kier alpha value is -1.49. The predicted molar refractivity (Wildman–Crippen MR) is 67.5 cm³/mol. The predicted octanol–water partition coefficient (Wildman–Crippen LogP) is 1.87. The molecular weight excluding hydrogens is 252 g/mol. The highest BCUT2D eigenvalue weighted by molar-refractivity contribution is 5.94. The molecule has 1 aromatic rings. The van der Waals surface area contributed by atoms with E-state index in [4.69, 9.17) is 5.11 Å². The van der Waals surface area contributed by atoms with Crippen LogP contribution in [-0.2, 0) is 12.8 Å². The third-order valence-electron chi connectivity index (χ3n) is 3.36. The lowest BCUT2D eigenvalue weighted by atomic mass is 10.1. The van der Waals surface area contributed by atoms with Crippen LogP contribution < -0.4 is 0 Å². The van der Waals surface area contributed by atoms with Crippen LogP contribution in [0.15, 0.2) is 18.2 Å². The van der Waals surface area contributed by atoms with E-state index in [1.54, 1.807) is 12.1 Å². The fourth-order valence-electron chi connectivity index (χ4n) is 2.45. The summed E-state index contributed by atoms with van der Waals surface area (Å²) in [5.41, 5.74) is 2.79. The molecule has 0 aliphatic heterocycles. The maximum absolute atomic E-state index is 12.4. The Bertz CT molecular complexity index is 463. The summed E-state index contributed by atoms with van der Waals surface area (Å²) < 4.78 is 24.9. The summed E-state index contributed by atoms with van der Waals surface area (Å²) in [7, 11) is 0. The highest BCUT2D eigenvalue weighted by atomic mass is 19.3. The smallest absolute Gasteiger partial charge is 0.255 e. The topological polar surface area (TPSA) is 40.5 Å². The number of rotatable bonds is 5. The number of benzene rings is 1. The summed E-state index contributed by atoms with van der Waals surface area (Å²) in [5.74, 6) is -0.441. The Morgan fingerprint density at radius 3 is 2.74 bits per heavy atom. The maximum Gasteiger partial charge on any atom is 0.255 e. The summed E-state index contributed by atoms with van der Waals surface area (Å²) in [6.45, 7) is -1.03. The van der Waals surface area contributed by atoms with Crippen LogP contribution in [0.1, 0.15) is 27.9 Å². The standard InChI is InChI=1S/C14H17F2NO2/c15-13(16)9-17(6-7-18)14(19)12-5-4-10-2-1-3-11(10)8-12/h4-5,8,13,18H,1-3,6-7,9H2. The number of nitrogens with zero attached hydrogens (tertiary/aromatic N) is 1. The Morgan fingerprint density at radius 1 is 1.32 bits per heavy atom. The molecule has 0 saturated heterocycles. The van der Waals surface area contributed by atoms with Gasteiger partial charge in [0.05, 0.1) is 13.2 Å². The van der Waals surface area contributed by atoms with Crippen molar-refractivity contribution in [3.63, 3.8) is 0 Å². The van der Waals surface area contributed by atoms with Crippen LogP contribution >= 0.6 is 0 Å². The molecule has 0 unspecified atom stereocenters. The first-order valence-corrected chi connectivity index (χ1v) is 6.42. The number of carbonyl (C=O) groups excluding carboxylic acids is 1. The highest BCUT2D eigenvalue weighted by Crippen LogP contribution is 2.23. The van der Waals surface area contributed by atoms with Crippen LogP contribution in [0.25, 0.3) is 0 Å². The van der Waals surface area contributed by atoms with Crippen molar-refractivity contribution in [2.45, 2.75) is 25.7 Å². The minimum Gasteiger partial charge on any atom is -0.395 e. The second-order valence-electron chi connectivity index (χ2n) is 4.70. The van der Waals surface area contributed by atoms with E-state index in [1.807, 2.05) is 6.07 Å². The molecule has 0 heterocycles. The largest absolute Gasteiger partial charge is 0.395 e. The van der Waals surface area contributed by atoms with E-state index in [2.05, 4.69) is 0 Å². The molecule has 1 aliphatic carbocycles. The van der Waals surface area contributed by atoms with Crippen LogP contribution in [0.4, 0.5) is 8.78 Å².